The van der Waals surface area contributed by atoms with Crippen LogP contribution in [0.25, 0.3) is 0 Å². The Hall–Kier alpha value is -2.60. The number of benzene rings is 1. The molecule has 1 aromatic carbocycles. The Morgan fingerprint density at radius 3 is 2.36 bits per heavy atom. The Morgan fingerprint density at radius 1 is 1.04 bits per heavy atom. The summed E-state index contributed by atoms with van der Waals surface area (Å²) in [6.07, 6.45) is 1.63. The van der Waals surface area contributed by atoms with Crippen molar-refractivity contribution in [1.82, 2.24) is 15.5 Å². The van der Waals surface area contributed by atoms with Gasteiger partial charge >= 0.3 is 0 Å². The fourth-order valence-electron chi connectivity index (χ4n) is 2.68. The van der Waals surface area contributed by atoms with Crippen molar-refractivity contribution in [2.75, 3.05) is 26.2 Å². The molecule has 0 spiro atoms. The van der Waals surface area contributed by atoms with Crippen LogP contribution in [0.15, 0.2) is 53.1 Å². The predicted molar refractivity (Wildman–Crippen MR) is 96.2 cm³/mol. The summed E-state index contributed by atoms with van der Waals surface area (Å²) in [5, 5.41) is 5.50. The van der Waals surface area contributed by atoms with Crippen molar-refractivity contribution in [2.45, 2.75) is 19.9 Å². The van der Waals surface area contributed by atoms with Gasteiger partial charge in [-0.3, -0.25) is 14.5 Å². The first kappa shape index (κ1) is 18.7. The lowest BCUT2D eigenvalue weighted by atomic mass is 10.2. The molecular weight excluding hydrogens is 318 g/mol. The van der Waals surface area contributed by atoms with Gasteiger partial charge < -0.3 is 15.1 Å². The van der Waals surface area contributed by atoms with Gasteiger partial charge in [0, 0.05) is 12.1 Å². The largest absolute Gasteiger partial charge is 0.468 e. The van der Waals surface area contributed by atoms with E-state index in [1.807, 2.05) is 18.2 Å². The van der Waals surface area contributed by atoms with E-state index in [9.17, 15) is 9.59 Å². The first-order chi connectivity index (χ1) is 12.2. The lowest BCUT2D eigenvalue weighted by Gasteiger charge is -2.28. The van der Waals surface area contributed by atoms with Crippen molar-refractivity contribution >= 4 is 11.8 Å². The molecule has 0 bridgehead atoms. The van der Waals surface area contributed by atoms with Gasteiger partial charge in [0.25, 0.3) is 5.91 Å². The van der Waals surface area contributed by atoms with E-state index in [1.165, 1.54) is 0 Å². The quantitative estimate of drug-likeness (QED) is 0.732. The summed E-state index contributed by atoms with van der Waals surface area (Å²) in [7, 11) is 0. The molecule has 25 heavy (non-hydrogen) atoms. The zero-order valence-electron chi connectivity index (χ0n) is 14.7. The number of likely N-dealkylation sites (N-methyl/N-ethyl adjacent to an activating group) is 1. The number of furan rings is 1. The van der Waals surface area contributed by atoms with E-state index in [1.54, 1.807) is 30.5 Å². The van der Waals surface area contributed by atoms with Gasteiger partial charge in [-0.15, -0.1) is 0 Å². The van der Waals surface area contributed by atoms with Crippen LogP contribution >= 0.6 is 0 Å². The summed E-state index contributed by atoms with van der Waals surface area (Å²) in [5.41, 5.74) is 0.534. The molecule has 2 rings (SSSR count). The maximum atomic E-state index is 12.1. The maximum Gasteiger partial charge on any atom is 0.251 e. The number of amides is 2. The van der Waals surface area contributed by atoms with Crippen LogP contribution in [0.5, 0.6) is 0 Å². The lowest BCUT2D eigenvalue weighted by Crippen LogP contribution is -2.42. The van der Waals surface area contributed by atoms with E-state index in [4.69, 9.17) is 4.42 Å². The molecule has 1 aromatic heterocycles. The summed E-state index contributed by atoms with van der Waals surface area (Å²) < 4.78 is 5.51. The number of carbonyl (C=O) groups is 2. The SMILES string of the molecule is CCN(CC)C(CNC(=O)CNC(=O)c1ccccc1)c1ccco1. The van der Waals surface area contributed by atoms with Gasteiger partial charge in [-0.25, -0.2) is 0 Å². The molecule has 0 saturated carbocycles. The second kappa shape index (κ2) is 9.64. The average Bonchev–Trinajstić information content (AvgIpc) is 3.18. The van der Waals surface area contributed by atoms with Crippen LogP contribution in [0.4, 0.5) is 0 Å². The molecule has 1 atom stereocenters. The topological polar surface area (TPSA) is 74.6 Å². The number of carbonyl (C=O) groups excluding carboxylic acids is 2. The van der Waals surface area contributed by atoms with Crippen LogP contribution in [-0.4, -0.2) is 42.9 Å². The molecule has 2 N–H and O–H groups in total. The van der Waals surface area contributed by atoms with Crippen LogP contribution in [0.2, 0.25) is 0 Å². The fraction of sp³-hybridized carbons (Fsp3) is 0.368. The molecular formula is C19H25N3O3. The molecule has 0 radical (unpaired) electrons. The van der Waals surface area contributed by atoms with Gasteiger partial charge in [0.2, 0.25) is 5.91 Å². The Morgan fingerprint density at radius 2 is 1.76 bits per heavy atom. The molecule has 0 aliphatic rings. The number of hydrogen-bond donors (Lipinski definition) is 2. The van der Waals surface area contributed by atoms with Gasteiger partial charge in [-0.2, -0.15) is 0 Å². The van der Waals surface area contributed by atoms with Crippen LogP contribution in [0.1, 0.15) is 36.0 Å². The van der Waals surface area contributed by atoms with Gasteiger partial charge in [0.05, 0.1) is 18.8 Å². The first-order valence-electron chi connectivity index (χ1n) is 8.53. The Kier molecular flexibility index (Phi) is 7.22. The zero-order valence-corrected chi connectivity index (χ0v) is 14.7. The summed E-state index contributed by atoms with van der Waals surface area (Å²) in [6.45, 7) is 6.21. The highest BCUT2D eigenvalue weighted by molar-refractivity contribution is 5.96. The third kappa shape index (κ3) is 5.46. The highest BCUT2D eigenvalue weighted by atomic mass is 16.3. The Bertz CT molecular complexity index is 652. The smallest absolute Gasteiger partial charge is 0.251 e. The van der Waals surface area contributed by atoms with Crippen molar-refractivity contribution in [2.24, 2.45) is 0 Å². The van der Waals surface area contributed by atoms with Crippen molar-refractivity contribution in [1.29, 1.82) is 0 Å². The molecule has 2 amide bonds. The van der Waals surface area contributed by atoms with Crippen LogP contribution in [0.3, 0.4) is 0 Å². The molecule has 0 fully saturated rings. The minimum absolute atomic E-state index is 0.0289. The van der Waals surface area contributed by atoms with Gasteiger partial charge in [-0.05, 0) is 37.4 Å². The summed E-state index contributed by atoms with van der Waals surface area (Å²) in [5.74, 6) is 0.326. The van der Waals surface area contributed by atoms with Crippen LogP contribution in [0, 0.1) is 0 Å². The van der Waals surface area contributed by atoms with E-state index >= 15 is 0 Å². The second-order valence-corrected chi connectivity index (χ2v) is 5.61. The normalized spacial score (nSPS) is 12.0. The zero-order chi connectivity index (χ0) is 18.1. The highest BCUT2D eigenvalue weighted by Gasteiger charge is 2.21. The van der Waals surface area contributed by atoms with E-state index in [0.29, 0.717) is 12.1 Å². The van der Waals surface area contributed by atoms with Crippen LogP contribution in [-0.2, 0) is 4.79 Å². The Labute approximate surface area is 148 Å². The van der Waals surface area contributed by atoms with Gasteiger partial charge in [0.1, 0.15) is 5.76 Å². The Balaban J connectivity index is 1.85. The number of nitrogens with one attached hydrogen (secondary N) is 2. The highest BCUT2D eigenvalue weighted by Crippen LogP contribution is 2.20. The van der Waals surface area contributed by atoms with E-state index in [0.717, 1.165) is 18.8 Å². The molecule has 0 aliphatic heterocycles. The minimum atomic E-state index is -0.262. The number of rotatable bonds is 9. The number of hydrogen-bond acceptors (Lipinski definition) is 4. The summed E-state index contributed by atoms with van der Waals surface area (Å²) in [4.78, 5) is 26.2. The third-order valence-corrected chi connectivity index (χ3v) is 4.06. The van der Waals surface area contributed by atoms with Crippen molar-refractivity contribution in [3.63, 3.8) is 0 Å². The summed E-state index contributed by atoms with van der Waals surface area (Å²) in [6, 6.07) is 12.5. The monoisotopic (exact) mass is 343 g/mol. The molecule has 1 heterocycles. The molecule has 0 saturated heterocycles. The average molecular weight is 343 g/mol. The molecule has 1 unspecified atom stereocenters. The minimum Gasteiger partial charge on any atom is -0.468 e. The van der Waals surface area contributed by atoms with Crippen molar-refractivity contribution < 1.29 is 14.0 Å². The molecule has 6 nitrogen and oxygen atoms in total. The molecule has 2 aromatic rings. The van der Waals surface area contributed by atoms with E-state index in [2.05, 4.69) is 29.4 Å². The number of nitrogens with zero attached hydrogens (tertiary/aromatic N) is 1. The van der Waals surface area contributed by atoms with Gasteiger partial charge in [-0.1, -0.05) is 32.0 Å². The van der Waals surface area contributed by atoms with Crippen LogP contribution < -0.4 is 10.6 Å². The third-order valence-electron chi connectivity index (χ3n) is 4.06. The van der Waals surface area contributed by atoms with Crippen molar-refractivity contribution in [3.05, 3.63) is 60.1 Å². The molecule has 0 aliphatic carbocycles. The predicted octanol–water partition coefficient (Wildman–Crippen LogP) is 2.21. The maximum absolute atomic E-state index is 12.1. The van der Waals surface area contributed by atoms with E-state index in [-0.39, 0.29) is 24.4 Å². The standard InChI is InChI=1S/C19H25N3O3/c1-3-22(4-2)16(17-11-8-12-25-17)13-20-18(23)14-21-19(24)15-9-6-5-7-10-15/h5-12,16H,3-4,13-14H2,1-2H3,(H,20,23)(H,21,24). The van der Waals surface area contributed by atoms with E-state index < -0.39 is 0 Å². The first-order valence-corrected chi connectivity index (χ1v) is 8.53. The molecule has 6 heteroatoms. The van der Waals surface area contributed by atoms with Crippen molar-refractivity contribution in [3.8, 4) is 0 Å². The lowest BCUT2D eigenvalue weighted by molar-refractivity contribution is -0.120. The summed E-state index contributed by atoms with van der Waals surface area (Å²) >= 11 is 0. The van der Waals surface area contributed by atoms with Gasteiger partial charge in [0.15, 0.2) is 0 Å². The molecule has 134 valence electrons. The second-order valence-electron chi connectivity index (χ2n) is 5.61. The fourth-order valence-corrected chi connectivity index (χ4v) is 2.68.